The first-order chi connectivity index (χ1) is 10.5. The first-order valence-electron chi connectivity index (χ1n) is 7.55. The zero-order chi connectivity index (χ0) is 16.1. The molecule has 1 aliphatic rings. The molecular formula is C18H23NO3. The highest BCUT2D eigenvalue weighted by Crippen LogP contribution is 2.32. The number of carbonyl (C=O) groups excluding carboxylic acids is 1. The van der Waals surface area contributed by atoms with Crippen LogP contribution in [-0.4, -0.2) is 29.7 Å². The number of ether oxygens (including phenoxy) is 2. The van der Waals surface area contributed by atoms with E-state index in [9.17, 15) is 4.79 Å². The van der Waals surface area contributed by atoms with Crippen LogP contribution in [0.25, 0.3) is 6.08 Å². The predicted molar refractivity (Wildman–Crippen MR) is 87.9 cm³/mol. The summed E-state index contributed by atoms with van der Waals surface area (Å²) in [7, 11) is 0. The van der Waals surface area contributed by atoms with Gasteiger partial charge in [-0.3, -0.25) is 4.79 Å². The Morgan fingerprint density at radius 3 is 2.45 bits per heavy atom. The first-order valence-corrected chi connectivity index (χ1v) is 7.55. The minimum Gasteiger partial charge on any atom is -0.454 e. The fraction of sp³-hybridized carbons (Fsp3) is 0.389. The highest BCUT2D eigenvalue weighted by Gasteiger charge is 2.17. The van der Waals surface area contributed by atoms with E-state index in [0.29, 0.717) is 0 Å². The summed E-state index contributed by atoms with van der Waals surface area (Å²) < 4.78 is 10.6. The second-order valence-corrected chi connectivity index (χ2v) is 5.76. The van der Waals surface area contributed by atoms with E-state index in [1.54, 1.807) is 12.2 Å². The minimum atomic E-state index is 0.0281. The van der Waals surface area contributed by atoms with Crippen LogP contribution in [0.1, 0.15) is 33.3 Å². The SMILES string of the molecule is CC(C)N(C(=O)/C=C/C=C/c1ccc2c(c1)OCO2)C(C)C. The number of benzene rings is 1. The molecule has 1 aromatic rings. The van der Waals surface area contributed by atoms with Crippen molar-refractivity contribution in [1.29, 1.82) is 0 Å². The van der Waals surface area contributed by atoms with Crippen LogP contribution in [0, 0.1) is 0 Å². The number of allylic oxidation sites excluding steroid dienone is 2. The molecule has 4 heteroatoms. The Morgan fingerprint density at radius 1 is 1.09 bits per heavy atom. The fourth-order valence-electron chi connectivity index (χ4n) is 2.51. The smallest absolute Gasteiger partial charge is 0.247 e. The first kappa shape index (κ1) is 16.1. The van der Waals surface area contributed by atoms with Crippen LogP contribution in [0.15, 0.2) is 36.4 Å². The number of hydrogen-bond acceptors (Lipinski definition) is 3. The molecule has 0 unspecified atom stereocenters. The molecule has 4 nitrogen and oxygen atoms in total. The van der Waals surface area contributed by atoms with Gasteiger partial charge in [0.15, 0.2) is 11.5 Å². The third-order valence-electron chi connectivity index (χ3n) is 3.40. The van der Waals surface area contributed by atoms with E-state index in [2.05, 4.69) is 0 Å². The minimum absolute atomic E-state index is 0.0281. The lowest BCUT2D eigenvalue weighted by Gasteiger charge is -2.29. The lowest BCUT2D eigenvalue weighted by Crippen LogP contribution is -2.41. The van der Waals surface area contributed by atoms with Crippen molar-refractivity contribution in [3.8, 4) is 11.5 Å². The van der Waals surface area contributed by atoms with Crippen molar-refractivity contribution in [2.45, 2.75) is 39.8 Å². The summed E-state index contributed by atoms with van der Waals surface area (Å²) in [6.07, 6.45) is 7.16. The average Bonchev–Trinajstić information content (AvgIpc) is 2.90. The molecular weight excluding hydrogens is 278 g/mol. The lowest BCUT2D eigenvalue weighted by atomic mass is 10.2. The van der Waals surface area contributed by atoms with Gasteiger partial charge in [-0.15, -0.1) is 0 Å². The number of rotatable bonds is 5. The Labute approximate surface area is 132 Å². The van der Waals surface area contributed by atoms with Crippen molar-refractivity contribution in [2.75, 3.05) is 6.79 Å². The summed E-state index contributed by atoms with van der Waals surface area (Å²) in [6.45, 7) is 8.36. The lowest BCUT2D eigenvalue weighted by molar-refractivity contribution is -0.129. The van der Waals surface area contributed by atoms with Gasteiger partial charge in [0, 0.05) is 18.2 Å². The fourth-order valence-corrected chi connectivity index (χ4v) is 2.51. The normalized spacial score (nSPS) is 13.7. The third-order valence-corrected chi connectivity index (χ3v) is 3.40. The van der Waals surface area contributed by atoms with Gasteiger partial charge in [0.25, 0.3) is 0 Å². The van der Waals surface area contributed by atoms with Gasteiger partial charge in [-0.05, 0) is 45.4 Å². The highest BCUT2D eigenvalue weighted by atomic mass is 16.7. The molecule has 1 aliphatic heterocycles. The molecule has 0 N–H and O–H groups in total. The average molecular weight is 301 g/mol. The molecule has 0 radical (unpaired) electrons. The number of nitrogens with zero attached hydrogens (tertiary/aromatic N) is 1. The summed E-state index contributed by atoms with van der Waals surface area (Å²) in [4.78, 5) is 14.0. The number of amides is 1. The summed E-state index contributed by atoms with van der Waals surface area (Å²) >= 11 is 0. The van der Waals surface area contributed by atoms with E-state index in [-0.39, 0.29) is 24.8 Å². The molecule has 118 valence electrons. The van der Waals surface area contributed by atoms with E-state index in [1.807, 2.05) is 62.9 Å². The van der Waals surface area contributed by atoms with Gasteiger partial charge in [-0.25, -0.2) is 0 Å². The number of carbonyl (C=O) groups is 1. The maximum absolute atomic E-state index is 12.2. The Bertz CT molecular complexity index is 580. The molecule has 22 heavy (non-hydrogen) atoms. The van der Waals surface area contributed by atoms with Crippen molar-refractivity contribution in [2.24, 2.45) is 0 Å². The van der Waals surface area contributed by atoms with Gasteiger partial charge in [0.05, 0.1) is 0 Å². The van der Waals surface area contributed by atoms with Gasteiger partial charge in [0.1, 0.15) is 0 Å². The molecule has 0 bridgehead atoms. The molecule has 1 aromatic carbocycles. The van der Waals surface area contributed by atoms with Crippen LogP contribution in [-0.2, 0) is 4.79 Å². The third kappa shape index (κ3) is 3.91. The van der Waals surface area contributed by atoms with E-state index >= 15 is 0 Å². The van der Waals surface area contributed by atoms with E-state index < -0.39 is 0 Å². The van der Waals surface area contributed by atoms with Crippen molar-refractivity contribution in [1.82, 2.24) is 4.90 Å². The van der Waals surface area contributed by atoms with Gasteiger partial charge in [0.2, 0.25) is 12.7 Å². The monoisotopic (exact) mass is 301 g/mol. The molecule has 1 heterocycles. The van der Waals surface area contributed by atoms with E-state index in [1.165, 1.54) is 0 Å². The predicted octanol–water partition coefficient (Wildman–Crippen LogP) is 3.63. The van der Waals surface area contributed by atoms with Gasteiger partial charge >= 0.3 is 0 Å². The highest BCUT2D eigenvalue weighted by molar-refractivity contribution is 5.88. The molecule has 0 atom stereocenters. The zero-order valence-electron chi connectivity index (χ0n) is 13.6. The molecule has 0 fully saturated rings. The summed E-state index contributed by atoms with van der Waals surface area (Å²) in [5.41, 5.74) is 1.01. The summed E-state index contributed by atoms with van der Waals surface area (Å²) in [5, 5.41) is 0. The Kier molecular flexibility index (Phi) is 5.26. The molecule has 0 aromatic heterocycles. The Morgan fingerprint density at radius 2 is 1.77 bits per heavy atom. The van der Waals surface area contributed by atoms with Crippen molar-refractivity contribution in [3.05, 3.63) is 42.0 Å². The molecule has 0 saturated heterocycles. The summed E-state index contributed by atoms with van der Waals surface area (Å²) in [6, 6.07) is 6.14. The summed E-state index contributed by atoms with van der Waals surface area (Å²) in [5.74, 6) is 1.56. The van der Waals surface area contributed by atoms with Crippen LogP contribution >= 0.6 is 0 Å². The second-order valence-electron chi connectivity index (χ2n) is 5.76. The van der Waals surface area contributed by atoms with Crippen molar-refractivity contribution in [3.63, 3.8) is 0 Å². The topological polar surface area (TPSA) is 38.8 Å². The molecule has 0 saturated carbocycles. The molecule has 0 spiro atoms. The Balaban J connectivity index is 1.98. The maximum atomic E-state index is 12.2. The largest absolute Gasteiger partial charge is 0.454 e. The zero-order valence-corrected chi connectivity index (χ0v) is 13.6. The molecule has 0 aliphatic carbocycles. The van der Waals surface area contributed by atoms with Gasteiger partial charge in [-0.1, -0.05) is 24.3 Å². The Hall–Kier alpha value is -2.23. The van der Waals surface area contributed by atoms with Crippen LogP contribution in [0.2, 0.25) is 0 Å². The second kappa shape index (κ2) is 7.16. The van der Waals surface area contributed by atoms with Gasteiger partial charge < -0.3 is 14.4 Å². The van der Waals surface area contributed by atoms with Crippen LogP contribution in [0.5, 0.6) is 11.5 Å². The van der Waals surface area contributed by atoms with E-state index in [4.69, 9.17) is 9.47 Å². The number of fused-ring (bicyclic) bond motifs is 1. The van der Waals surface area contributed by atoms with Crippen LogP contribution < -0.4 is 9.47 Å². The molecule has 2 rings (SSSR count). The number of hydrogen-bond donors (Lipinski definition) is 0. The van der Waals surface area contributed by atoms with Crippen LogP contribution in [0.4, 0.5) is 0 Å². The van der Waals surface area contributed by atoms with Crippen molar-refractivity contribution >= 4 is 12.0 Å². The van der Waals surface area contributed by atoms with Crippen molar-refractivity contribution < 1.29 is 14.3 Å². The maximum Gasteiger partial charge on any atom is 0.247 e. The van der Waals surface area contributed by atoms with Gasteiger partial charge in [-0.2, -0.15) is 0 Å². The van der Waals surface area contributed by atoms with E-state index in [0.717, 1.165) is 17.1 Å². The molecule has 1 amide bonds. The standard InChI is InChI=1S/C18H23NO3/c1-13(2)19(14(3)4)18(20)8-6-5-7-15-9-10-16-17(11-15)22-12-21-16/h5-11,13-14H,12H2,1-4H3/b7-5+,8-6+. The van der Waals surface area contributed by atoms with Crippen LogP contribution in [0.3, 0.4) is 0 Å². The quantitative estimate of drug-likeness (QED) is 0.616.